The number of hydrogen-bond acceptors (Lipinski definition) is 6. The van der Waals surface area contributed by atoms with Crippen LogP contribution in [0.25, 0.3) is 0 Å². The minimum atomic E-state index is -0.700. The summed E-state index contributed by atoms with van der Waals surface area (Å²) in [5.74, 6) is 0.700. The molecule has 0 radical (unpaired) electrons. The van der Waals surface area contributed by atoms with Crippen molar-refractivity contribution in [3.05, 3.63) is 81.3 Å². The van der Waals surface area contributed by atoms with E-state index in [1.807, 2.05) is 18.2 Å². The summed E-state index contributed by atoms with van der Waals surface area (Å²) < 4.78 is 10.8. The van der Waals surface area contributed by atoms with Crippen LogP contribution in [0.2, 0.25) is 15.1 Å². The fourth-order valence-electron chi connectivity index (χ4n) is 3.69. The molecule has 36 heavy (non-hydrogen) atoms. The number of halogens is 3. The van der Waals surface area contributed by atoms with Gasteiger partial charge in [0.05, 0.1) is 12.2 Å². The van der Waals surface area contributed by atoms with Crippen LogP contribution in [0.4, 0.5) is 11.4 Å². The molecule has 1 saturated heterocycles. The lowest BCUT2D eigenvalue weighted by Gasteiger charge is -2.32. The smallest absolute Gasteiger partial charge is 0.238 e. The van der Waals surface area contributed by atoms with Crippen molar-refractivity contribution in [2.24, 2.45) is 4.99 Å². The molecule has 2 aliphatic heterocycles. The number of nitrogens with one attached hydrogen (secondary N) is 1. The molecule has 1 atom stereocenters. The average Bonchev–Trinajstić information content (AvgIpc) is 3.30. The van der Waals surface area contributed by atoms with Crippen LogP contribution in [-0.2, 0) is 16.1 Å². The number of aliphatic imine (C=N–C) groups is 1. The van der Waals surface area contributed by atoms with E-state index in [-0.39, 0.29) is 31.6 Å². The van der Waals surface area contributed by atoms with Gasteiger partial charge in [0.2, 0.25) is 18.6 Å². The number of nitrogens with zero attached hydrogens (tertiary/aromatic N) is 2. The number of benzene rings is 3. The maximum absolute atomic E-state index is 13.3. The number of thioether (sulfide) groups is 1. The first-order valence-corrected chi connectivity index (χ1v) is 12.8. The fourth-order valence-corrected chi connectivity index (χ4v) is 5.44. The summed E-state index contributed by atoms with van der Waals surface area (Å²) in [6, 6.07) is 17.2. The van der Waals surface area contributed by atoms with Gasteiger partial charge in [-0.1, -0.05) is 52.6 Å². The van der Waals surface area contributed by atoms with E-state index in [9.17, 15) is 9.59 Å². The normalized spacial score (nSPS) is 18.0. The molecule has 1 unspecified atom stereocenters. The van der Waals surface area contributed by atoms with Gasteiger partial charge in [-0.2, -0.15) is 0 Å². The lowest BCUT2D eigenvalue weighted by Crippen LogP contribution is -2.44. The minimum Gasteiger partial charge on any atom is -0.454 e. The fraction of sp³-hybridized carbons (Fsp3) is 0.160. The number of carbonyl (C=O) groups is 2. The SMILES string of the molecule is O=C(Nc1cc(Cl)cc(Cl)c1)C1CC(=O)N(Cc2ccc3c(c2)OCO3)C(=Nc2ccc(Cl)cc2)S1. The Bertz CT molecular complexity index is 1350. The largest absolute Gasteiger partial charge is 0.454 e. The van der Waals surface area contributed by atoms with Crippen LogP contribution >= 0.6 is 46.6 Å². The molecule has 3 aromatic rings. The second-order valence-corrected chi connectivity index (χ2v) is 10.5. The molecular formula is C25H18Cl3N3O4S. The van der Waals surface area contributed by atoms with Gasteiger partial charge in [-0.3, -0.25) is 14.5 Å². The van der Waals surface area contributed by atoms with Gasteiger partial charge in [-0.25, -0.2) is 4.99 Å². The van der Waals surface area contributed by atoms with Gasteiger partial charge in [0, 0.05) is 27.2 Å². The Labute approximate surface area is 226 Å². The van der Waals surface area contributed by atoms with Crippen molar-refractivity contribution >= 4 is 74.9 Å². The third kappa shape index (κ3) is 5.73. The van der Waals surface area contributed by atoms with Crippen LogP contribution < -0.4 is 14.8 Å². The molecule has 1 fully saturated rings. The number of carbonyl (C=O) groups excluding carboxylic acids is 2. The molecule has 5 rings (SSSR count). The Morgan fingerprint density at radius 1 is 0.972 bits per heavy atom. The zero-order chi connectivity index (χ0) is 25.2. The highest BCUT2D eigenvalue weighted by Crippen LogP contribution is 2.35. The number of amidine groups is 1. The second-order valence-electron chi connectivity index (χ2n) is 8.00. The number of amides is 2. The summed E-state index contributed by atoms with van der Waals surface area (Å²) in [6.07, 6.45) is -0.00497. The number of rotatable bonds is 5. The first-order chi connectivity index (χ1) is 17.3. The van der Waals surface area contributed by atoms with Crippen molar-refractivity contribution in [3.8, 4) is 11.5 Å². The summed E-state index contributed by atoms with van der Waals surface area (Å²) in [5.41, 5.74) is 1.89. The molecule has 184 valence electrons. The Kier molecular flexibility index (Phi) is 7.29. The summed E-state index contributed by atoms with van der Waals surface area (Å²) >= 11 is 19.3. The van der Waals surface area contributed by atoms with Gasteiger partial charge in [0.1, 0.15) is 5.25 Å². The van der Waals surface area contributed by atoms with Gasteiger partial charge in [0.15, 0.2) is 16.7 Å². The molecule has 11 heteroatoms. The van der Waals surface area contributed by atoms with Crippen molar-refractivity contribution in [2.45, 2.75) is 18.2 Å². The summed E-state index contributed by atoms with van der Waals surface area (Å²) in [6.45, 7) is 0.419. The molecule has 0 spiro atoms. The van der Waals surface area contributed by atoms with E-state index in [2.05, 4.69) is 10.3 Å². The van der Waals surface area contributed by atoms with E-state index < -0.39 is 5.25 Å². The zero-order valence-corrected chi connectivity index (χ0v) is 21.6. The molecular weight excluding hydrogens is 545 g/mol. The van der Waals surface area contributed by atoms with Gasteiger partial charge in [-0.05, 0) is 60.2 Å². The lowest BCUT2D eigenvalue weighted by molar-refractivity contribution is -0.129. The van der Waals surface area contributed by atoms with E-state index in [0.717, 1.165) is 5.56 Å². The number of anilines is 1. The second kappa shape index (κ2) is 10.6. The van der Waals surface area contributed by atoms with E-state index >= 15 is 0 Å². The Hall–Kier alpha value is -2.91. The van der Waals surface area contributed by atoms with Crippen LogP contribution in [0.1, 0.15) is 12.0 Å². The molecule has 2 heterocycles. The van der Waals surface area contributed by atoms with Crippen molar-refractivity contribution < 1.29 is 19.1 Å². The van der Waals surface area contributed by atoms with Gasteiger partial charge < -0.3 is 14.8 Å². The quantitative estimate of drug-likeness (QED) is 0.382. The van der Waals surface area contributed by atoms with E-state index in [4.69, 9.17) is 44.3 Å². The molecule has 3 aromatic carbocycles. The van der Waals surface area contributed by atoms with Crippen LogP contribution in [0, 0.1) is 0 Å². The predicted molar refractivity (Wildman–Crippen MR) is 143 cm³/mol. The summed E-state index contributed by atoms with van der Waals surface area (Å²) in [5, 5.41) is 3.85. The minimum absolute atomic E-state index is 0.00497. The lowest BCUT2D eigenvalue weighted by atomic mass is 10.1. The Balaban J connectivity index is 1.41. The molecule has 0 aliphatic carbocycles. The number of fused-ring (bicyclic) bond motifs is 1. The van der Waals surface area contributed by atoms with Crippen molar-refractivity contribution in [2.75, 3.05) is 12.1 Å². The molecule has 7 nitrogen and oxygen atoms in total. The topological polar surface area (TPSA) is 80.2 Å². The highest BCUT2D eigenvalue weighted by Gasteiger charge is 2.36. The maximum Gasteiger partial charge on any atom is 0.238 e. The van der Waals surface area contributed by atoms with Crippen LogP contribution in [0.5, 0.6) is 11.5 Å². The third-order valence-corrected chi connectivity index (χ3v) is 7.27. The highest BCUT2D eigenvalue weighted by molar-refractivity contribution is 8.15. The number of hydrogen-bond donors (Lipinski definition) is 1. The molecule has 1 N–H and O–H groups in total. The van der Waals surface area contributed by atoms with E-state index in [1.54, 1.807) is 47.4 Å². The predicted octanol–water partition coefficient (Wildman–Crippen LogP) is 6.54. The molecule has 0 saturated carbocycles. The number of ether oxygens (including phenoxy) is 2. The average molecular weight is 563 g/mol. The monoisotopic (exact) mass is 561 g/mol. The van der Waals surface area contributed by atoms with Crippen molar-refractivity contribution in [3.63, 3.8) is 0 Å². The van der Waals surface area contributed by atoms with Crippen LogP contribution in [0.3, 0.4) is 0 Å². The van der Waals surface area contributed by atoms with Crippen LogP contribution in [0.15, 0.2) is 65.7 Å². The maximum atomic E-state index is 13.3. The van der Waals surface area contributed by atoms with Crippen molar-refractivity contribution in [1.82, 2.24) is 4.90 Å². The van der Waals surface area contributed by atoms with E-state index in [1.165, 1.54) is 11.8 Å². The standard InChI is InChI=1S/C25H18Cl3N3O4S/c26-15-2-4-18(5-3-15)30-25-31(12-14-1-6-20-21(7-14)35-13-34-20)23(32)11-22(36-25)24(33)29-19-9-16(27)8-17(28)10-19/h1-10,22H,11-13H2,(H,29,33). The molecule has 2 aliphatic rings. The van der Waals surface area contributed by atoms with E-state index in [0.29, 0.717) is 43.1 Å². The third-order valence-electron chi connectivity index (χ3n) is 5.39. The Morgan fingerprint density at radius 3 is 2.44 bits per heavy atom. The van der Waals surface area contributed by atoms with Crippen LogP contribution in [-0.4, -0.2) is 33.9 Å². The molecule has 0 bridgehead atoms. The zero-order valence-electron chi connectivity index (χ0n) is 18.5. The molecule has 2 amide bonds. The van der Waals surface area contributed by atoms with Gasteiger partial charge >= 0.3 is 0 Å². The summed E-state index contributed by atoms with van der Waals surface area (Å²) in [7, 11) is 0. The first-order valence-electron chi connectivity index (χ1n) is 10.8. The Morgan fingerprint density at radius 2 is 1.69 bits per heavy atom. The summed E-state index contributed by atoms with van der Waals surface area (Å²) in [4.78, 5) is 32.6. The molecule has 0 aromatic heterocycles. The highest BCUT2D eigenvalue weighted by atomic mass is 35.5. The first kappa shape index (κ1) is 24.8. The van der Waals surface area contributed by atoms with Crippen molar-refractivity contribution in [1.29, 1.82) is 0 Å². The van der Waals surface area contributed by atoms with Gasteiger partial charge in [0.25, 0.3) is 0 Å². The van der Waals surface area contributed by atoms with Gasteiger partial charge in [-0.15, -0.1) is 0 Å².